The van der Waals surface area contributed by atoms with E-state index in [9.17, 15) is 4.79 Å². The first-order chi connectivity index (χ1) is 17.1. The number of carbonyl (C=O) groups excluding carboxylic acids is 1. The van der Waals surface area contributed by atoms with Crippen molar-refractivity contribution in [2.45, 2.75) is 25.6 Å². The third-order valence-electron chi connectivity index (χ3n) is 5.59. The average molecular weight is 498 g/mol. The van der Waals surface area contributed by atoms with E-state index in [0.717, 1.165) is 25.0 Å². The Hall–Kier alpha value is -3.42. The van der Waals surface area contributed by atoms with Crippen LogP contribution in [-0.2, 0) is 11.3 Å². The third kappa shape index (κ3) is 6.38. The molecule has 0 bridgehead atoms. The minimum Gasteiger partial charge on any atom is -0.493 e. The lowest BCUT2D eigenvalue weighted by Crippen LogP contribution is -2.18. The lowest BCUT2D eigenvalue weighted by molar-refractivity contribution is 0.0682. The molecule has 0 spiro atoms. The molecule has 0 radical (unpaired) electrons. The number of anilines is 1. The molecule has 1 fully saturated rings. The van der Waals surface area contributed by atoms with Crippen LogP contribution in [0.25, 0.3) is 0 Å². The summed E-state index contributed by atoms with van der Waals surface area (Å²) in [7, 11) is 3.03. The Bertz CT molecular complexity index is 1120. The molecule has 184 valence electrons. The van der Waals surface area contributed by atoms with Gasteiger partial charge in [0.05, 0.1) is 26.0 Å². The van der Waals surface area contributed by atoms with E-state index in [4.69, 9.17) is 35.3 Å². The molecule has 1 saturated heterocycles. The number of ether oxygens (including phenoxy) is 5. The van der Waals surface area contributed by atoms with Crippen LogP contribution >= 0.6 is 11.6 Å². The van der Waals surface area contributed by atoms with E-state index < -0.39 is 0 Å². The smallest absolute Gasteiger partial charge is 0.256 e. The Balaban J connectivity index is 1.52. The summed E-state index contributed by atoms with van der Waals surface area (Å²) in [6.45, 7) is 1.47. The zero-order valence-electron chi connectivity index (χ0n) is 19.7. The molecule has 35 heavy (non-hydrogen) atoms. The maximum Gasteiger partial charge on any atom is 0.256 e. The second kappa shape index (κ2) is 11.8. The number of rotatable bonds is 10. The van der Waals surface area contributed by atoms with Gasteiger partial charge in [-0.1, -0.05) is 41.9 Å². The van der Waals surface area contributed by atoms with Gasteiger partial charge in [-0.3, -0.25) is 4.79 Å². The first-order valence-electron chi connectivity index (χ1n) is 11.4. The Labute approximate surface area is 209 Å². The SMILES string of the molecule is COc1cc(C(=O)Nc2cc(Cl)ccc2OCC2CCCO2)cc(OC)c1OCc1ccccc1. The molecule has 4 rings (SSSR count). The summed E-state index contributed by atoms with van der Waals surface area (Å²) >= 11 is 6.19. The van der Waals surface area contributed by atoms with Crippen molar-refractivity contribution in [3.8, 4) is 23.0 Å². The van der Waals surface area contributed by atoms with Gasteiger partial charge >= 0.3 is 0 Å². The van der Waals surface area contributed by atoms with E-state index in [-0.39, 0.29) is 12.0 Å². The highest BCUT2D eigenvalue weighted by molar-refractivity contribution is 6.31. The third-order valence-corrected chi connectivity index (χ3v) is 5.82. The summed E-state index contributed by atoms with van der Waals surface area (Å²) in [5, 5.41) is 3.36. The number of halogens is 1. The van der Waals surface area contributed by atoms with Crippen LogP contribution in [0, 0.1) is 0 Å². The molecule has 0 aromatic heterocycles. The van der Waals surface area contributed by atoms with Crippen molar-refractivity contribution in [1.29, 1.82) is 0 Å². The second-order valence-corrected chi connectivity index (χ2v) is 8.46. The standard InChI is InChI=1S/C27H28ClNO6/c1-31-24-13-19(14-25(32-2)26(24)35-16-18-7-4-3-5-8-18)27(30)29-22-15-20(28)10-11-23(22)34-17-21-9-6-12-33-21/h3-5,7-8,10-11,13-15,21H,6,9,12,16-17H2,1-2H3,(H,29,30). The maximum atomic E-state index is 13.2. The van der Waals surface area contributed by atoms with Crippen LogP contribution in [0.1, 0.15) is 28.8 Å². The van der Waals surface area contributed by atoms with E-state index in [0.29, 0.717) is 52.5 Å². The van der Waals surface area contributed by atoms with E-state index in [1.54, 1.807) is 30.3 Å². The van der Waals surface area contributed by atoms with Gasteiger partial charge < -0.3 is 29.0 Å². The zero-order chi connectivity index (χ0) is 24.6. The van der Waals surface area contributed by atoms with E-state index in [2.05, 4.69) is 5.32 Å². The summed E-state index contributed by atoms with van der Waals surface area (Å²) in [5.41, 5.74) is 1.79. The molecule has 3 aromatic carbocycles. The zero-order valence-corrected chi connectivity index (χ0v) is 20.5. The van der Waals surface area contributed by atoms with Crippen molar-refractivity contribution in [2.75, 3.05) is 32.8 Å². The fourth-order valence-corrected chi connectivity index (χ4v) is 3.93. The Morgan fingerprint density at radius 3 is 2.40 bits per heavy atom. The maximum absolute atomic E-state index is 13.2. The Morgan fingerprint density at radius 1 is 1.00 bits per heavy atom. The number of methoxy groups -OCH3 is 2. The number of hydrogen-bond donors (Lipinski definition) is 1. The first-order valence-corrected chi connectivity index (χ1v) is 11.7. The molecule has 1 aliphatic heterocycles. The molecular weight excluding hydrogens is 470 g/mol. The van der Waals surface area contributed by atoms with Crippen molar-refractivity contribution in [3.05, 3.63) is 76.8 Å². The van der Waals surface area contributed by atoms with Crippen molar-refractivity contribution in [3.63, 3.8) is 0 Å². The first kappa shape index (κ1) is 24.7. The highest BCUT2D eigenvalue weighted by Gasteiger charge is 2.20. The normalized spacial score (nSPS) is 14.9. The molecule has 0 aliphatic carbocycles. The lowest BCUT2D eigenvalue weighted by Gasteiger charge is -2.17. The summed E-state index contributed by atoms with van der Waals surface area (Å²) in [6, 6.07) is 18.1. The predicted octanol–water partition coefficient (Wildman–Crippen LogP) is 5.75. The second-order valence-electron chi connectivity index (χ2n) is 8.02. The van der Waals surface area contributed by atoms with Crippen LogP contribution in [-0.4, -0.2) is 39.4 Å². The number of hydrogen-bond acceptors (Lipinski definition) is 6. The van der Waals surface area contributed by atoms with Crippen molar-refractivity contribution >= 4 is 23.2 Å². The van der Waals surface area contributed by atoms with Crippen LogP contribution in [0.2, 0.25) is 5.02 Å². The molecule has 1 atom stereocenters. The van der Waals surface area contributed by atoms with Crippen LogP contribution in [0.15, 0.2) is 60.7 Å². The van der Waals surface area contributed by atoms with E-state index in [1.807, 2.05) is 30.3 Å². The van der Waals surface area contributed by atoms with Gasteiger partial charge in [-0.2, -0.15) is 0 Å². The van der Waals surface area contributed by atoms with Crippen LogP contribution < -0.4 is 24.3 Å². The number of carbonyl (C=O) groups is 1. The minimum absolute atomic E-state index is 0.0474. The van der Waals surface area contributed by atoms with Crippen molar-refractivity contribution < 1.29 is 28.5 Å². The molecular formula is C27H28ClNO6. The fourth-order valence-electron chi connectivity index (χ4n) is 3.76. The van der Waals surface area contributed by atoms with Crippen molar-refractivity contribution in [1.82, 2.24) is 0 Å². The monoisotopic (exact) mass is 497 g/mol. The number of nitrogens with one attached hydrogen (secondary N) is 1. The Morgan fingerprint density at radius 2 is 1.74 bits per heavy atom. The molecule has 3 aromatic rings. The lowest BCUT2D eigenvalue weighted by atomic mass is 10.1. The van der Waals surface area contributed by atoms with Crippen molar-refractivity contribution in [2.24, 2.45) is 0 Å². The van der Waals surface area contributed by atoms with Gasteiger partial charge in [-0.15, -0.1) is 0 Å². The predicted molar refractivity (Wildman–Crippen MR) is 134 cm³/mol. The number of amides is 1. The fraction of sp³-hybridized carbons (Fsp3) is 0.296. The quantitative estimate of drug-likeness (QED) is 0.384. The van der Waals surface area contributed by atoms with Gasteiger partial charge in [0.1, 0.15) is 19.0 Å². The van der Waals surface area contributed by atoms with Gasteiger partial charge in [-0.05, 0) is 48.7 Å². The molecule has 1 unspecified atom stereocenters. The van der Waals surface area contributed by atoms with Gasteiger partial charge in [0, 0.05) is 17.2 Å². The summed E-state index contributed by atoms with van der Waals surface area (Å²) in [6.07, 6.45) is 2.02. The summed E-state index contributed by atoms with van der Waals surface area (Å²) < 4.78 is 28.5. The van der Waals surface area contributed by atoms with E-state index >= 15 is 0 Å². The van der Waals surface area contributed by atoms with Crippen LogP contribution in [0.3, 0.4) is 0 Å². The molecule has 7 nitrogen and oxygen atoms in total. The summed E-state index contributed by atoms with van der Waals surface area (Å²) in [4.78, 5) is 13.2. The molecule has 1 amide bonds. The minimum atomic E-state index is -0.375. The highest BCUT2D eigenvalue weighted by Crippen LogP contribution is 2.39. The molecule has 0 saturated carbocycles. The van der Waals surface area contributed by atoms with E-state index in [1.165, 1.54) is 14.2 Å². The summed E-state index contributed by atoms with van der Waals surface area (Å²) in [5.74, 6) is 1.32. The van der Waals surface area contributed by atoms with Crippen LogP contribution in [0.5, 0.6) is 23.0 Å². The molecule has 1 N–H and O–H groups in total. The Kier molecular flexibility index (Phi) is 8.34. The van der Waals surface area contributed by atoms with Gasteiger partial charge in [-0.25, -0.2) is 0 Å². The average Bonchev–Trinajstić information content (AvgIpc) is 3.40. The van der Waals surface area contributed by atoms with Gasteiger partial charge in [0.25, 0.3) is 5.91 Å². The molecule has 1 aliphatic rings. The van der Waals surface area contributed by atoms with Gasteiger partial charge in [0.15, 0.2) is 11.5 Å². The highest BCUT2D eigenvalue weighted by atomic mass is 35.5. The van der Waals surface area contributed by atoms with Crippen LogP contribution in [0.4, 0.5) is 5.69 Å². The topological polar surface area (TPSA) is 75.3 Å². The molecule has 1 heterocycles. The largest absolute Gasteiger partial charge is 0.493 e. The number of benzene rings is 3. The van der Waals surface area contributed by atoms with Gasteiger partial charge in [0.2, 0.25) is 5.75 Å². The molecule has 8 heteroatoms.